The fourth-order valence-corrected chi connectivity index (χ4v) is 2.37. The number of benzene rings is 1. The number of halogens is 1. The van der Waals surface area contributed by atoms with Crippen LogP contribution in [0.2, 0.25) is 5.02 Å². The van der Waals surface area contributed by atoms with Crippen LogP contribution in [0.3, 0.4) is 0 Å². The van der Waals surface area contributed by atoms with Gasteiger partial charge in [-0.1, -0.05) is 53.7 Å². The van der Waals surface area contributed by atoms with Gasteiger partial charge in [0.15, 0.2) is 0 Å². The largest absolute Gasteiger partial charge is 0.272 e. The van der Waals surface area contributed by atoms with E-state index in [2.05, 4.69) is 10.5 Å². The Morgan fingerprint density at radius 1 is 1.25 bits per heavy atom. The summed E-state index contributed by atoms with van der Waals surface area (Å²) in [7, 11) is 0. The maximum Gasteiger partial charge on any atom is 0.253 e. The third-order valence-corrected chi connectivity index (χ3v) is 3.75. The number of hydroxylamine groups is 1. The van der Waals surface area contributed by atoms with E-state index in [9.17, 15) is 4.79 Å². The van der Waals surface area contributed by atoms with Gasteiger partial charge in [0.2, 0.25) is 0 Å². The average molecular weight is 309 g/mol. The molecule has 6 heteroatoms. The zero-order valence-corrected chi connectivity index (χ0v) is 12.2. The summed E-state index contributed by atoms with van der Waals surface area (Å²) in [6, 6.07) is 13.1. The highest BCUT2D eigenvalue weighted by atomic mass is 35.5. The first-order valence-electron chi connectivity index (χ1n) is 5.93. The van der Waals surface area contributed by atoms with E-state index in [0.29, 0.717) is 16.7 Å². The Morgan fingerprint density at radius 2 is 2.05 bits per heavy atom. The van der Waals surface area contributed by atoms with Crippen molar-refractivity contribution in [1.29, 1.82) is 0 Å². The summed E-state index contributed by atoms with van der Waals surface area (Å²) in [4.78, 5) is 20.8. The third-order valence-electron chi connectivity index (χ3n) is 2.33. The van der Waals surface area contributed by atoms with Crippen LogP contribution in [0.5, 0.6) is 0 Å². The van der Waals surface area contributed by atoms with E-state index in [4.69, 9.17) is 16.4 Å². The van der Waals surface area contributed by atoms with Crippen LogP contribution < -0.4 is 5.48 Å². The van der Waals surface area contributed by atoms with Crippen LogP contribution in [0.4, 0.5) is 0 Å². The highest BCUT2D eigenvalue weighted by Gasteiger charge is 2.06. The molecule has 0 bridgehead atoms. The number of amides is 1. The molecule has 1 aromatic heterocycles. The maximum atomic E-state index is 11.6. The lowest BCUT2D eigenvalue weighted by Gasteiger charge is -2.06. The fraction of sp³-hybridized carbons (Fsp3) is 0.143. The zero-order chi connectivity index (χ0) is 14.2. The van der Waals surface area contributed by atoms with Crippen molar-refractivity contribution >= 4 is 29.3 Å². The van der Waals surface area contributed by atoms with Gasteiger partial charge >= 0.3 is 0 Å². The Balaban J connectivity index is 1.70. The first-order valence-corrected chi connectivity index (χ1v) is 7.30. The number of nitrogens with zero attached hydrogens (tertiary/aromatic N) is 1. The third kappa shape index (κ3) is 4.85. The van der Waals surface area contributed by atoms with E-state index in [1.165, 1.54) is 11.8 Å². The van der Waals surface area contributed by atoms with Gasteiger partial charge in [-0.05, 0) is 17.7 Å². The van der Waals surface area contributed by atoms with Crippen molar-refractivity contribution in [2.24, 2.45) is 0 Å². The van der Waals surface area contributed by atoms with E-state index in [1.807, 2.05) is 30.3 Å². The summed E-state index contributed by atoms with van der Waals surface area (Å²) >= 11 is 7.21. The van der Waals surface area contributed by atoms with E-state index >= 15 is 0 Å². The minimum Gasteiger partial charge on any atom is -0.272 e. The van der Waals surface area contributed by atoms with Crippen LogP contribution in [0.15, 0.2) is 53.7 Å². The Hall–Kier alpha value is -1.56. The standard InChI is InChI=1S/C14H13ClN2O2S/c15-12-7-4-8-16-14(12)20-10-13(18)17-19-9-11-5-2-1-3-6-11/h1-8H,9-10H2,(H,17,18). The van der Waals surface area contributed by atoms with Gasteiger partial charge in [-0.25, -0.2) is 10.5 Å². The van der Waals surface area contributed by atoms with Crippen molar-refractivity contribution in [3.05, 3.63) is 59.2 Å². The monoisotopic (exact) mass is 308 g/mol. The summed E-state index contributed by atoms with van der Waals surface area (Å²) in [6.45, 7) is 0.335. The average Bonchev–Trinajstić information content (AvgIpc) is 2.47. The Morgan fingerprint density at radius 3 is 2.80 bits per heavy atom. The minimum absolute atomic E-state index is 0.200. The van der Waals surface area contributed by atoms with Crippen LogP contribution >= 0.6 is 23.4 Å². The van der Waals surface area contributed by atoms with Gasteiger partial charge in [-0.3, -0.25) is 9.63 Å². The molecular formula is C14H13ClN2O2S. The molecule has 0 saturated heterocycles. The number of carbonyl (C=O) groups is 1. The number of aromatic nitrogens is 1. The molecule has 20 heavy (non-hydrogen) atoms. The normalized spacial score (nSPS) is 10.2. The van der Waals surface area contributed by atoms with Gasteiger partial charge in [-0.2, -0.15) is 0 Å². The number of nitrogens with one attached hydrogen (secondary N) is 1. The van der Waals surface area contributed by atoms with Gasteiger partial charge in [0.25, 0.3) is 5.91 Å². The quantitative estimate of drug-likeness (QED) is 0.658. The molecule has 0 atom stereocenters. The molecule has 0 fully saturated rings. The molecule has 1 heterocycles. The molecule has 0 saturated carbocycles. The molecule has 2 aromatic rings. The van der Waals surface area contributed by atoms with Crippen molar-refractivity contribution in [2.45, 2.75) is 11.6 Å². The summed E-state index contributed by atoms with van der Waals surface area (Å²) in [6.07, 6.45) is 1.64. The highest BCUT2D eigenvalue weighted by molar-refractivity contribution is 8.00. The molecule has 0 aliphatic heterocycles. The molecule has 1 aromatic carbocycles. The number of hydrogen-bond acceptors (Lipinski definition) is 4. The molecule has 1 N–H and O–H groups in total. The van der Waals surface area contributed by atoms with Gasteiger partial charge in [-0.15, -0.1) is 0 Å². The second kappa shape index (κ2) is 7.89. The number of hydrogen-bond donors (Lipinski definition) is 1. The molecule has 0 aliphatic rings. The van der Waals surface area contributed by atoms with Crippen LogP contribution in [0, 0.1) is 0 Å². The first-order chi connectivity index (χ1) is 9.75. The van der Waals surface area contributed by atoms with Crippen LogP contribution in [0.1, 0.15) is 5.56 Å². The van der Waals surface area contributed by atoms with E-state index in [1.54, 1.807) is 18.3 Å². The number of carbonyl (C=O) groups excluding carboxylic acids is 1. The van der Waals surface area contributed by atoms with E-state index < -0.39 is 0 Å². The molecule has 4 nitrogen and oxygen atoms in total. The summed E-state index contributed by atoms with van der Waals surface area (Å²) in [5, 5.41) is 1.17. The molecular weight excluding hydrogens is 296 g/mol. The zero-order valence-electron chi connectivity index (χ0n) is 10.6. The van der Waals surface area contributed by atoms with E-state index in [-0.39, 0.29) is 11.7 Å². The van der Waals surface area contributed by atoms with Gasteiger partial charge in [0.05, 0.1) is 17.4 Å². The van der Waals surface area contributed by atoms with Gasteiger partial charge in [0.1, 0.15) is 5.03 Å². The Kier molecular flexibility index (Phi) is 5.86. The second-order valence-electron chi connectivity index (χ2n) is 3.88. The predicted octanol–water partition coefficient (Wildman–Crippen LogP) is 3.08. The molecule has 2 rings (SSSR count). The molecule has 0 spiro atoms. The van der Waals surface area contributed by atoms with Crippen LogP contribution in [0.25, 0.3) is 0 Å². The van der Waals surface area contributed by atoms with E-state index in [0.717, 1.165) is 5.56 Å². The molecule has 0 radical (unpaired) electrons. The molecule has 0 unspecified atom stereocenters. The minimum atomic E-state index is -0.229. The Labute approximate surface area is 126 Å². The lowest BCUT2D eigenvalue weighted by atomic mass is 10.2. The van der Waals surface area contributed by atoms with Crippen LogP contribution in [-0.2, 0) is 16.2 Å². The summed E-state index contributed by atoms with van der Waals surface area (Å²) in [5.41, 5.74) is 3.38. The van der Waals surface area contributed by atoms with Crippen LogP contribution in [-0.4, -0.2) is 16.6 Å². The SMILES string of the molecule is O=C(CSc1ncccc1Cl)NOCc1ccccc1. The first kappa shape index (κ1) is 14.8. The lowest BCUT2D eigenvalue weighted by molar-refractivity contribution is -0.131. The number of rotatable bonds is 6. The maximum absolute atomic E-state index is 11.6. The molecule has 104 valence electrons. The van der Waals surface area contributed by atoms with Gasteiger partial charge < -0.3 is 0 Å². The summed E-state index contributed by atoms with van der Waals surface area (Å²) < 4.78 is 0. The van der Waals surface area contributed by atoms with Gasteiger partial charge in [0, 0.05) is 6.20 Å². The Bertz CT molecular complexity index is 566. The molecule has 1 amide bonds. The van der Waals surface area contributed by atoms with Crippen molar-refractivity contribution in [3.63, 3.8) is 0 Å². The van der Waals surface area contributed by atoms with Crippen molar-refractivity contribution in [3.8, 4) is 0 Å². The smallest absolute Gasteiger partial charge is 0.253 e. The number of thioether (sulfide) groups is 1. The van der Waals surface area contributed by atoms with Crippen molar-refractivity contribution in [2.75, 3.05) is 5.75 Å². The predicted molar refractivity (Wildman–Crippen MR) is 79.3 cm³/mol. The number of pyridine rings is 1. The van der Waals surface area contributed by atoms with Crippen molar-refractivity contribution < 1.29 is 9.63 Å². The second-order valence-corrected chi connectivity index (χ2v) is 5.25. The fourth-order valence-electron chi connectivity index (χ4n) is 1.41. The highest BCUT2D eigenvalue weighted by Crippen LogP contribution is 2.23. The lowest BCUT2D eigenvalue weighted by Crippen LogP contribution is -2.25. The molecule has 0 aliphatic carbocycles. The summed E-state index contributed by atoms with van der Waals surface area (Å²) in [5.74, 6) is -0.0291. The van der Waals surface area contributed by atoms with Crippen molar-refractivity contribution in [1.82, 2.24) is 10.5 Å². The topological polar surface area (TPSA) is 51.2 Å².